The SMILES string of the molecule is CN(C(=O)[C@@H](Cc1ccc2ccccc2c1)N(C)C(=O)OC(C)(C)C)[C@@H](CNC(=S)NC1CC1)Cc1ccccc1. The van der Waals surface area contributed by atoms with Crippen molar-refractivity contribution in [3.05, 3.63) is 83.9 Å². The van der Waals surface area contributed by atoms with Crippen LogP contribution in [0.15, 0.2) is 72.8 Å². The van der Waals surface area contributed by atoms with Gasteiger partial charge >= 0.3 is 6.09 Å². The Morgan fingerprint density at radius 3 is 2.22 bits per heavy atom. The van der Waals surface area contributed by atoms with Gasteiger partial charge in [0.05, 0.1) is 6.04 Å². The summed E-state index contributed by atoms with van der Waals surface area (Å²) >= 11 is 5.51. The van der Waals surface area contributed by atoms with Crippen LogP contribution >= 0.6 is 12.2 Å². The average molecular weight is 575 g/mol. The molecule has 1 fully saturated rings. The number of rotatable bonds is 10. The number of hydrogen-bond donors (Lipinski definition) is 2. The number of carbonyl (C=O) groups excluding carboxylic acids is 2. The largest absolute Gasteiger partial charge is 0.444 e. The van der Waals surface area contributed by atoms with Crippen LogP contribution in [0.5, 0.6) is 0 Å². The predicted molar refractivity (Wildman–Crippen MR) is 169 cm³/mol. The van der Waals surface area contributed by atoms with Crippen molar-refractivity contribution in [1.29, 1.82) is 0 Å². The summed E-state index contributed by atoms with van der Waals surface area (Å²) in [5.74, 6) is -0.157. The second kappa shape index (κ2) is 13.3. The Balaban J connectivity index is 1.59. The topological polar surface area (TPSA) is 73.9 Å². The van der Waals surface area contributed by atoms with Crippen LogP contribution in [0, 0.1) is 0 Å². The Bertz CT molecular complexity index is 1350. The summed E-state index contributed by atoms with van der Waals surface area (Å²) in [5, 5.41) is 9.46. The molecule has 3 aromatic carbocycles. The van der Waals surface area contributed by atoms with Crippen LogP contribution < -0.4 is 10.6 Å². The van der Waals surface area contributed by atoms with Gasteiger partial charge < -0.3 is 20.3 Å². The molecular formula is C33H42N4O3S. The molecule has 0 aliphatic heterocycles. The van der Waals surface area contributed by atoms with E-state index in [9.17, 15) is 9.59 Å². The van der Waals surface area contributed by atoms with Crippen LogP contribution in [-0.4, -0.2) is 71.3 Å². The van der Waals surface area contributed by atoms with Crippen molar-refractivity contribution in [2.75, 3.05) is 20.6 Å². The number of amides is 2. The maximum Gasteiger partial charge on any atom is 0.410 e. The summed E-state index contributed by atoms with van der Waals surface area (Å²) in [4.78, 5) is 30.7. The lowest BCUT2D eigenvalue weighted by Gasteiger charge is -2.36. The number of nitrogens with one attached hydrogen (secondary N) is 2. The van der Waals surface area contributed by atoms with E-state index >= 15 is 0 Å². The maximum absolute atomic E-state index is 14.3. The van der Waals surface area contributed by atoms with Gasteiger partial charge in [0.25, 0.3) is 0 Å². The zero-order valence-electron chi connectivity index (χ0n) is 24.7. The highest BCUT2D eigenvalue weighted by molar-refractivity contribution is 7.80. The van der Waals surface area contributed by atoms with E-state index in [2.05, 4.69) is 47.0 Å². The van der Waals surface area contributed by atoms with Crippen molar-refractivity contribution >= 4 is 40.1 Å². The van der Waals surface area contributed by atoms with E-state index < -0.39 is 17.7 Å². The third-order valence-electron chi connectivity index (χ3n) is 7.30. The van der Waals surface area contributed by atoms with Gasteiger partial charge in [-0.3, -0.25) is 9.69 Å². The molecule has 0 unspecified atom stereocenters. The summed E-state index contributed by atoms with van der Waals surface area (Å²) in [6, 6.07) is 23.9. The number of thiocarbonyl (C=S) groups is 1. The molecule has 3 aromatic rings. The molecule has 2 atom stereocenters. The lowest BCUT2D eigenvalue weighted by Crippen LogP contribution is -2.55. The fourth-order valence-electron chi connectivity index (χ4n) is 4.76. The Morgan fingerprint density at radius 1 is 0.902 bits per heavy atom. The molecule has 0 spiro atoms. The normalized spacial score (nSPS) is 14.6. The maximum atomic E-state index is 14.3. The Morgan fingerprint density at radius 2 is 1.56 bits per heavy atom. The molecule has 41 heavy (non-hydrogen) atoms. The van der Waals surface area contributed by atoms with Gasteiger partial charge in [-0.05, 0) is 74.2 Å². The minimum Gasteiger partial charge on any atom is -0.444 e. The van der Waals surface area contributed by atoms with Crippen LogP contribution in [0.25, 0.3) is 10.8 Å². The first-order valence-corrected chi connectivity index (χ1v) is 14.7. The lowest BCUT2D eigenvalue weighted by molar-refractivity contribution is -0.137. The summed E-state index contributed by atoms with van der Waals surface area (Å²) in [6.45, 7) is 5.95. The van der Waals surface area contributed by atoms with Gasteiger partial charge in [-0.1, -0.05) is 72.8 Å². The monoisotopic (exact) mass is 574 g/mol. The van der Waals surface area contributed by atoms with E-state index in [0.29, 0.717) is 30.5 Å². The first-order chi connectivity index (χ1) is 19.5. The molecule has 0 aromatic heterocycles. The van der Waals surface area contributed by atoms with Crippen molar-refractivity contribution in [3.63, 3.8) is 0 Å². The molecule has 0 heterocycles. The molecule has 2 amide bonds. The van der Waals surface area contributed by atoms with Crippen molar-refractivity contribution in [2.24, 2.45) is 0 Å². The lowest BCUT2D eigenvalue weighted by atomic mass is 9.99. The van der Waals surface area contributed by atoms with Gasteiger partial charge in [0.15, 0.2) is 5.11 Å². The summed E-state index contributed by atoms with van der Waals surface area (Å²) in [7, 11) is 3.45. The molecule has 8 heteroatoms. The van der Waals surface area contributed by atoms with Crippen LogP contribution in [0.4, 0.5) is 4.79 Å². The molecule has 1 aliphatic carbocycles. The second-order valence-corrected chi connectivity index (χ2v) is 12.3. The number of hydrogen-bond acceptors (Lipinski definition) is 4. The van der Waals surface area contributed by atoms with Gasteiger partial charge in [0, 0.05) is 33.1 Å². The van der Waals surface area contributed by atoms with Crippen LogP contribution in [-0.2, 0) is 22.4 Å². The van der Waals surface area contributed by atoms with E-state index in [-0.39, 0.29) is 11.9 Å². The van der Waals surface area contributed by atoms with E-state index in [1.807, 2.05) is 64.2 Å². The van der Waals surface area contributed by atoms with Gasteiger partial charge in [0.2, 0.25) is 5.91 Å². The molecular weight excluding hydrogens is 532 g/mol. The zero-order chi connectivity index (χ0) is 29.6. The zero-order valence-corrected chi connectivity index (χ0v) is 25.5. The predicted octanol–water partition coefficient (Wildman–Crippen LogP) is 5.31. The van der Waals surface area contributed by atoms with E-state index in [4.69, 9.17) is 17.0 Å². The fraction of sp³-hybridized carbons (Fsp3) is 0.424. The molecule has 0 saturated heterocycles. The molecule has 0 radical (unpaired) electrons. The minimum atomic E-state index is -0.758. The quantitative estimate of drug-likeness (QED) is 0.320. The van der Waals surface area contributed by atoms with Crippen molar-refractivity contribution in [1.82, 2.24) is 20.4 Å². The Labute approximate surface area is 249 Å². The molecule has 4 rings (SSSR count). The molecule has 218 valence electrons. The summed E-state index contributed by atoms with van der Waals surface area (Å²) in [6.07, 6.45) is 2.72. The van der Waals surface area contributed by atoms with Gasteiger partial charge in [-0.2, -0.15) is 0 Å². The van der Waals surface area contributed by atoms with Crippen molar-refractivity contribution in [3.8, 4) is 0 Å². The van der Waals surface area contributed by atoms with Crippen molar-refractivity contribution < 1.29 is 14.3 Å². The smallest absolute Gasteiger partial charge is 0.410 e. The standard InChI is InChI=1S/C33H42N4O3S/c1-33(2,3)40-32(39)37(5)29(21-24-15-16-25-13-9-10-14-26(25)19-24)30(38)36(4)28(20-23-11-7-6-8-12-23)22-34-31(41)35-27-17-18-27/h6-16,19,27-29H,17-18,20-22H2,1-5H3,(H2,34,35,41)/t28-,29-/m1/s1. The number of likely N-dealkylation sites (N-methyl/N-ethyl adjacent to an activating group) is 2. The first kappa shape index (κ1) is 30.3. The number of fused-ring (bicyclic) bond motifs is 1. The third kappa shape index (κ3) is 8.92. The third-order valence-corrected chi connectivity index (χ3v) is 7.56. The molecule has 7 nitrogen and oxygen atoms in total. The summed E-state index contributed by atoms with van der Waals surface area (Å²) < 4.78 is 5.67. The van der Waals surface area contributed by atoms with E-state index in [1.54, 1.807) is 11.9 Å². The average Bonchev–Trinajstić information content (AvgIpc) is 3.76. The number of benzene rings is 3. The van der Waals surface area contributed by atoms with Crippen LogP contribution in [0.1, 0.15) is 44.7 Å². The fourth-order valence-corrected chi connectivity index (χ4v) is 5.01. The van der Waals surface area contributed by atoms with Gasteiger partial charge in [-0.25, -0.2) is 4.79 Å². The van der Waals surface area contributed by atoms with E-state index in [1.165, 1.54) is 4.90 Å². The number of carbonyl (C=O) groups is 2. The Hall–Kier alpha value is -3.65. The highest BCUT2D eigenvalue weighted by Gasteiger charge is 2.34. The number of nitrogens with zero attached hydrogens (tertiary/aromatic N) is 2. The molecule has 1 saturated carbocycles. The van der Waals surface area contributed by atoms with Crippen LogP contribution in [0.2, 0.25) is 0 Å². The van der Waals surface area contributed by atoms with E-state index in [0.717, 1.165) is 34.7 Å². The minimum absolute atomic E-state index is 0.157. The highest BCUT2D eigenvalue weighted by Crippen LogP contribution is 2.21. The van der Waals surface area contributed by atoms with Gasteiger partial charge in [-0.15, -0.1) is 0 Å². The van der Waals surface area contributed by atoms with Gasteiger partial charge in [0.1, 0.15) is 11.6 Å². The highest BCUT2D eigenvalue weighted by atomic mass is 32.1. The second-order valence-electron chi connectivity index (χ2n) is 11.9. The Kier molecular flexibility index (Phi) is 9.86. The molecule has 1 aliphatic rings. The number of ether oxygens (including phenoxy) is 1. The summed E-state index contributed by atoms with van der Waals surface area (Å²) in [5.41, 5.74) is 1.41. The van der Waals surface area contributed by atoms with Crippen molar-refractivity contribution in [2.45, 2.75) is 70.2 Å². The van der Waals surface area contributed by atoms with Crippen LogP contribution in [0.3, 0.4) is 0 Å². The molecule has 2 N–H and O–H groups in total. The first-order valence-electron chi connectivity index (χ1n) is 14.3. The molecule has 0 bridgehead atoms.